The molecule has 0 aromatic heterocycles. The number of aldehydes is 1. The lowest BCUT2D eigenvalue weighted by Gasteiger charge is -2.39. The van der Waals surface area contributed by atoms with E-state index in [9.17, 15) is 34.8 Å². The molecule has 1 spiro atoms. The molecule has 0 amide bonds. The lowest BCUT2D eigenvalue weighted by atomic mass is 9.78. The van der Waals surface area contributed by atoms with E-state index in [-0.39, 0.29) is 41.6 Å². The van der Waals surface area contributed by atoms with Crippen molar-refractivity contribution in [3.05, 3.63) is 22.8 Å². The van der Waals surface area contributed by atoms with Crippen molar-refractivity contribution in [1.29, 1.82) is 0 Å². The van der Waals surface area contributed by atoms with Gasteiger partial charge in [0.1, 0.15) is 17.3 Å². The highest BCUT2D eigenvalue weighted by Crippen LogP contribution is 2.50. The zero-order valence-corrected chi connectivity index (χ0v) is 20.9. The first kappa shape index (κ1) is 27.3. The van der Waals surface area contributed by atoms with Crippen LogP contribution in [0.1, 0.15) is 92.5 Å². The highest BCUT2D eigenvalue weighted by Gasteiger charge is 2.68. The molecule has 9 heteroatoms. The van der Waals surface area contributed by atoms with Gasteiger partial charge in [-0.25, -0.2) is 0 Å². The van der Waals surface area contributed by atoms with Crippen LogP contribution in [0.2, 0.25) is 0 Å². The average molecular weight is 493 g/mol. The summed E-state index contributed by atoms with van der Waals surface area (Å²) in [4.78, 5) is 37.8. The summed E-state index contributed by atoms with van der Waals surface area (Å²) in [5.74, 6) is -3.94. The van der Waals surface area contributed by atoms with Gasteiger partial charge in [-0.1, -0.05) is 34.1 Å². The number of benzene rings is 1. The van der Waals surface area contributed by atoms with Crippen molar-refractivity contribution in [2.75, 3.05) is 0 Å². The number of rotatable bonds is 10. The Bertz CT molecular complexity index is 974. The Hall–Kier alpha value is -2.33. The molecule has 0 saturated carbocycles. The van der Waals surface area contributed by atoms with E-state index in [4.69, 9.17) is 9.47 Å². The molecule has 2 aliphatic heterocycles. The van der Waals surface area contributed by atoms with Crippen LogP contribution in [0, 0.1) is 11.8 Å². The summed E-state index contributed by atoms with van der Waals surface area (Å²) in [6.45, 7) is 8.64. The molecular formula is C26H36O9. The van der Waals surface area contributed by atoms with Crippen molar-refractivity contribution >= 4 is 17.9 Å². The predicted molar refractivity (Wildman–Crippen MR) is 126 cm³/mol. The number of carbonyl (C=O) groups is 3. The topological polar surface area (TPSA) is 154 Å². The van der Waals surface area contributed by atoms with E-state index in [1.54, 1.807) is 13.8 Å². The summed E-state index contributed by atoms with van der Waals surface area (Å²) in [7, 11) is 0. The number of ether oxygens (including phenoxy) is 2. The van der Waals surface area contributed by atoms with Gasteiger partial charge < -0.3 is 29.9 Å². The monoisotopic (exact) mass is 492 g/mol. The van der Waals surface area contributed by atoms with Crippen molar-refractivity contribution in [1.82, 2.24) is 0 Å². The number of hydrogen-bond donors (Lipinski definition) is 4. The summed E-state index contributed by atoms with van der Waals surface area (Å²) < 4.78 is 11.3. The molecule has 35 heavy (non-hydrogen) atoms. The Morgan fingerprint density at radius 2 is 1.86 bits per heavy atom. The lowest BCUT2D eigenvalue weighted by molar-refractivity contribution is -0.239. The third-order valence-electron chi connectivity index (χ3n) is 7.38. The number of ketones is 2. The Labute approximate surface area is 205 Å². The maximum absolute atomic E-state index is 13.7. The van der Waals surface area contributed by atoms with E-state index in [0.717, 1.165) is 0 Å². The molecule has 0 bridgehead atoms. The molecule has 194 valence electrons. The first-order valence-corrected chi connectivity index (χ1v) is 12.2. The van der Waals surface area contributed by atoms with E-state index < -0.39 is 58.8 Å². The number of carbonyl (C=O) groups excluding carboxylic acids is 3. The Morgan fingerprint density at radius 3 is 2.31 bits per heavy atom. The SMILES string of the molecule is CCC[C@H](C(=O)c1cc([C@@H](C(C)=O)C(C)C)c(O)c(C=O)c1O)[C@H]1C[C@@H](O)[C@@]2(O[C@H]2CC)[C@H](O)O1. The number of aromatic hydroxyl groups is 2. The molecule has 0 radical (unpaired) electrons. The van der Waals surface area contributed by atoms with Crippen LogP contribution in [0.3, 0.4) is 0 Å². The highest BCUT2D eigenvalue weighted by atomic mass is 16.7. The normalized spacial score (nSPS) is 29.7. The zero-order chi connectivity index (χ0) is 26.2. The van der Waals surface area contributed by atoms with E-state index in [0.29, 0.717) is 19.3 Å². The van der Waals surface area contributed by atoms with Crippen LogP contribution in [0.5, 0.6) is 11.5 Å². The number of phenolic OH excluding ortho intramolecular Hbond substituents is 2. The lowest BCUT2D eigenvalue weighted by Crippen LogP contribution is -2.55. The molecule has 2 saturated heterocycles. The van der Waals surface area contributed by atoms with Gasteiger partial charge in [0, 0.05) is 23.8 Å². The van der Waals surface area contributed by atoms with Crippen molar-refractivity contribution < 1.29 is 44.3 Å². The van der Waals surface area contributed by atoms with Crippen molar-refractivity contribution in [3.63, 3.8) is 0 Å². The van der Waals surface area contributed by atoms with E-state index >= 15 is 0 Å². The molecular weight excluding hydrogens is 456 g/mol. The van der Waals surface area contributed by atoms with Crippen molar-refractivity contribution in [2.45, 2.75) is 96.4 Å². The fourth-order valence-corrected chi connectivity index (χ4v) is 5.57. The number of aliphatic hydroxyl groups is 2. The maximum atomic E-state index is 13.7. The molecule has 1 aromatic carbocycles. The van der Waals surface area contributed by atoms with Gasteiger partial charge in [0.2, 0.25) is 0 Å². The van der Waals surface area contributed by atoms with Crippen molar-refractivity contribution in [2.24, 2.45) is 11.8 Å². The van der Waals surface area contributed by atoms with Crippen LogP contribution < -0.4 is 0 Å². The molecule has 3 rings (SSSR count). The van der Waals surface area contributed by atoms with Gasteiger partial charge >= 0.3 is 0 Å². The minimum Gasteiger partial charge on any atom is -0.507 e. The van der Waals surface area contributed by atoms with Gasteiger partial charge in [-0.05, 0) is 31.7 Å². The van der Waals surface area contributed by atoms with Crippen LogP contribution in [0.25, 0.3) is 0 Å². The fourth-order valence-electron chi connectivity index (χ4n) is 5.57. The second kappa shape index (κ2) is 10.3. The summed E-state index contributed by atoms with van der Waals surface area (Å²) in [5.41, 5.74) is -1.79. The maximum Gasteiger partial charge on any atom is 0.189 e. The molecule has 0 unspecified atom stereocenters. The van der Waals surface area contributed by atoms with Crippen LogP contribution in [-0.2, 0) is 14.3 Å². The van der Waals surface area contributed by atoms with Crippen molar-refractivity contribution in [3.8, 4) is 11.5 Å². The minimum atomic E-state index is -1.43. The van der Waals surface area contributed by atoms with Crippen LogP contribution in [0.4, 0.5) is 0 Å². The number of hydrogen-bond acceptors (Lipinski definition) is 9. The Balaban J connectivity index is 2.03. The molecule has 4 N–H and O–H groups in total. The summed E-state index contributed by atoms with van der Waals surface area (Å²) >= 11 is 0. The third kappa shape index (κ3) is 4.62. The van der Waals surface area contributed by atoms with E-state index in [1.807, 2.05) is 13.8 Å². The van der Waals surface area contributed by atoms with Gasteiger partial charge in [0.05, 0.1) is 29.4 Å². The smallest absolute Gasteiger partial charge is 0.189 e. The highest BCUT2D eigenvalue weighted by molar-refractivity contribution is 6.04. The largest absolute Gasteiger partial charge is 0.507 e. The van der Waals surface area contributed by atoms with Crippen LogP contribution >= 0.6 is 0 Å². The summed E-state index contributed by atoms with van der Waals surface area (Å²) in [5, 5.41) is 42.8. The predicted octanol–water partition coefficient (Wildman–Crippen LogP) is 2.85. The van der Waals surface area contributed by atoms with Gasteiger partial charge in [-0.3, -0.25) is 14.4 Å². The molecule has 7 atom stereocenters. The van der Waals surface area contributed by atoms with Gasteiger partial charge in [-0.15, -0.1) is 0 Å². The molecule has 2 heterocycles. The van der Waals surface area contributed by atoms with Crippen LogP contribution in [0.15, 0.2) is 6.07 Å². The Kier molecular flexibility index (Phi) is 8.06. The molecule has 1 aromatic rings. The van der Waals surface area contributed by atoms with Crippen LogP contribution in [-0.4, -0.2) is 68.5 Å². The number of Topliss-reactive ketones (excluding diaryl/α,β-unsaturated/α-hetero) is 2. The quantitative estimate of drug-likeness (QED) is 0.219. The molecule has 0 aliphatic carbocycles. The third-order valence-corrected chi connectivity index (χ3v) is 7.38. The molecule has 2 fully saturated rings. The van der Waals surface area contributed by atoms with Gasteiger partial charge in [0.15, 0.2) is 24.0 Å². The Morgan fingerprint density at radius 1 is 1.20 bits per heavy atom. The van der Waals surface area contributed by atoms with Gasteiger partial charge in [-0.2, -0.15) is 0 Å². The minimum absolute atomic E-state index is 0.0400. The summed E-state index contributed by atoms with van der Waals surface area (Å²) in [6.07, 6.45) is -1.92. The molecule has 2 aliphatic rings. The number of epoxide rings is 1. The second-order valence-corrected chi connectivity index (χ2v) is 9.98. The average Bonchev–Trinajstić information content (AvgIpc) is 3.53. The first-order chi connectivity index (χ1) is 16.5. The number of aliphatic hydroxyl groups excluding tert-OH is 2. The second-order valence-electron chi connectivity index (χ2n) is 9.98. The van der Waals surface area contributed by atoms with E-state index in [1.165, 1.54) is 13.0 Å². The zero-order valence-electron chi connectivity index (χ0n) is 20.9. The first-order valence-electron chi connectivity index (χ1n) is 12.2. The van der Waals surface area contributed by atoms with Gasteiger partial charge in [0.25, 0.3) is 0 Å². The number of phenols is 2. The standard InChI is InChI=1S/C26H36O9/c1-6-8-14(18-10-19(29)26(25(33)34-18)20(7-2)35-26)22(30)16-9-15(21(12(3)4)13(5)28)23(31)17(11-27)24(16)32/h9,11-12,14,18-21,25,29,31-33H,6-8,10H2,1-5H3/t14-,18+,19+,20-,21+,25+,26-/m0/s1. The summed E-state index contributed by atoms with van der Waals surface area (Å²) in [6, 6.07) is 1.27. The molecule has 9 nitrogen and oxygen atoms in total. The fraction of sp³-hybridized carbons (Fsp3) is 0.654. The van der Waals surface area contributed by atoms with E-state index in [2.05, 4.69) is 0 Å².